The maximum atomic E-state index is 5.45. The molecular formula is C62H88O3. The summed E-state index contributed by atoms with van der Waals surface area (Å²) in [6.45, 7) is 30.6. The van der Waals surface area contributed by atoms with Gasteiger partial charge in [-0.25, -0.2) is 0 Å². The summed E-state index contributed by atoms with van der Waals surface area (Å²) in [5, 5.41) is 0. The van der Waals surface area contributed by atoms with Crippen LogP contribution in [0.1, 0.15) is 134 Å². The maximum Gasteiger partial charge on any atom is 0.0719 e. The molecular weight excluding hydrogens is 793 g/mol. The molecule has 0 aliphatic rings. The van der Waals surface area contributed by atoms with Crippen molar-refractivity contribution in [1.82, 2.24) is 0 Å². The van der Waals surface area contributed by atoms with Gasteiger partial charge in [-0.3, -0.25) is 0 Å². The summed E-state index contributed by atoms with van der Waals surface area (Å²) in [5.41, 5.74) is 16.3. The van der Waals surface area contributed by atoms with E-state index in [0.717, 1.165) is 78.2 Å². The SMILES string of the molecule is CCCOCCc1ccc(C)cc1.CCCOCc1cccc(C)c1.CCCOCc1ccccc1C.CCCc1ccc(C)cc1.CCc1cccc(C)c1.CCc1ccccc1C. The molecule has 6 aromatic rings. The van der Waals surface area contributed by atoms with Gasteiger partial charge in [0.05, 0.1) is 19.8 Å². The van der Waals surface area contributed by atoms with E-state index >= 15 is 0 Å². The Bertz CT molecular complexity index is 2010. The van der Waals surface area contributed by atoms with Crippen LogP contribution in [0.2, 0.25) is 0 Å². The van der Waals surface area contributed by atoms with Gasteiger partial charge >= 0.3 is 0 Å². The number of hydrogen-bond donors (Lipinski definition) is 0. The van der Waals surface area contributed by atoms with Crippen LogP contribution in [0.4, 0.5) is 0 Å². The highest BCUT2D eigenvalue weighted by Crippen LogP contribution is 2.10. The minimum absolute atomic E-state index is 0.746. The second-order valence-electron chi connectivity index (χ2n) is 16.7. The smallest absolute Gasteiger partial charge is 0.0719 e. The third kappa shape index (κ3) is 30.1. The normalized spacial score (nSPS) is 9.97. The first kappa shape index (κ1) is 58.2. The van der Waals surface area contributed by atoms with Crippen LogP contribution in [-0.2, 0) is 53.1 Å². The lowest BCUT2D eigenvalue weighted by Gasteiger charge is -2.05. The van der Waals surface area contributed by atoms with Gasteiger partial charge in [-0.2, -0.15) is 0 Å². The fourth-order valence-electron chi connectivity index (χ4n) is 6.41. The van der Waals surface area contributed by atoms with E-state index in [1.807, 2.05) is 0 Å². The van der Waals surface area contributed by atoms with Gasteiger partial charge in [0.15, 0.2) is 0 Å². The molecule has 3 nitrogen and oxygen atoms in total. The molecule has 6 rings (SSSR count). The molecule has 0 aliphatic heterocycles. The van der Waals surface area contributed by atoms with Gasteiger partial charge in [-0.15, -0.1) is 0 Å². The van der Waals surface area contributed by atoms with Crippen molar-refractivity contribution < 1.29 is 14.2 Å². The van der Waals surface area contributed by atoms with Crippen molar-refractivity contribution in [2.45, 2.75) is 148 Å². The number of benzene rings is 6. The highest BCUT2D eigenvalue weighted by Gasteiger charge is 1.96. The van der Waals surface area contributed by atoms with Crippen molar-refractivity contribution in [2.24, 2.45) is 0 Å². The molecule has 0 aromatic heterocycles. The predicted octanol–water partition coefficient (Wildman–Crippen LogP) is 16.9. The maximum absolute atomic E-state index is 5.45. The summed E-state index contributed by atoms with van der Waals surface area (Å²) in [5.74, 6) is 0. The molecule has 0 N–H and O–H groups in total. The van der Waals surface area contributed by atoms with Crippen LogP contribution in [0.5, 0.6) is 0 Å². The average molecular weight is 881 g/mol. The highest BCUT2D eigenvalue weighted by molar-refractivity contribution is 5.27. The van der Waals surface area contributed by atoms with Gasteiger partial charge in [-0.1, -0.05) is 216 Å². The van der Waals surface area contributed by atoms with Crippen molar-refractivity contribution >= 4 is 0 Å². The average Bonchev–Trinajstić information content (AvgIpc) is 3.31. The van der Waals surface area contributed by atoms with Crippen molar-refractivity contribution in [1.29, 1.82) is 0 Å². The summed E-state index contributed by atoms with van der Waals surface area (Å²) < 4.78 is 16.3. The largest absolute Gasteiger partial charge is 0.381 e. The zero-order chi connectivity index (χ0) is 47.9. The fourth-order valence-corrected chi connectivity index (χ4v) is 6.41. The number of rotatable bonds is 17. The van der Waals surface area contributed by atoms with Crippen LogP contribution in [0, 0.1) is 41.5 Å². The van der Waals surface area contributed by atoms with Crippen molar-refractivity contribution in [3.05, 3.63) is 212 Å². The van der Waals surface area contributed by atoms with Crippen LogP contribution in [-0.4, -0.2) is 26.4 Å². The van der Waals surface area contributed by atoms with Crippen LogP contribution < -0.4 is 0 Å². The van der Waals surface area contributed by atoms with Crippen LogP contribution in [0.25, 0.3) is 0 Å². The van der Waals surface area contributed by atoms with Crippen molar-refractivity contribution in [3.63, 3.8) is 0 Å². The molecule has 6 aromatic carbocycles. The quantitative estimate of drug-likeness (QED) is 0.0854. The first-order valence-corrected chi connectivity index (χ1v) is 24.5. The Labute approximate surface area is 399 Å². The third-order valence-corrected chi connectivity index (χ3v) is 10.4. The van der Waals surface area contributed by atoms with Gasteiger partial charge in [-0.05, 0) is 131 Å². The Balaban J connectivity index is 0.000000392. The second-order valence-corrected chi connectivity index (χ2v) is 16.7. The number of ether oxygens (including phenoxy) is 3. The predicted molar refractivity (Wildman–Crippen MR) is 285 cm³/mol. The zero-order valence-corrected chi connectivity index (χ0v) is 43.0. The monoisotopic (exact) mass is 881 g/mol. The lowest BCUT2D eigenvalue weighted by atomic mass is 10.1. The topological polar surface area (TPSA) is 27.7 Å². The van der Waals surface area contributed by atoms with E-state index in [4.69, 9.17) is 14.2 Å². The van der Waals surface area contributed by atoms with Gasteiger partial charge in [0, 0.05) is 19.8 Å². The van der Waals surface area contributed by atoms with E-state index in [2.05, 4.69) is 229 Å². The molecule has 0 saturated carbocycles. The summed E-state index contributed by atoms with van der Waals surface area (Å²) in [7, 11) is 0. The van der Waals surface area contributed by atoms with Crippen LogP contribution in [0.15, 0.2) is 146 Å². The summed E-state index contributed by atoms with van der Waals surface area (Å²) in [6.07, 6.45) is 9.05. The summed E-state index contributed by atoms with van der Waals surface area (Å²) >= 11 is 0. The second kappa shape index (κ2) is 38.5. The van der Waals surface area contributed by atoms with Crippen molar-refractivity contribution in [3.8, 4) is 0 Å². The minimum Gasteiger partial charge on any atom is -0.381 e. The molecule has 0 bridgehead atoms. The Morgan fingerprint density at radius 1 is 0.308 bits per heavy atom. The summed E-state index contributed by atoms with van der Waals surface area (Å²) in [4.78, 5) is 0. The molecule has 3 heteroatoms. The molecule has 0 saturated heterocycles. The van der Waals surface area contributed by atoms with E-state index in [0.29, 0.717) is 0 Å². The van der Waals surface area contributed by atoms with Crippen LogP contribution in [0.3, 0.4) is 0 Å². The van der Waals surface area contributed by atoms with Gasteiger partial charge in [0.1, 0.15) is 0 Å². The van der Waals surface area contributed by atoms with Crippen molar-refractivity contribution in [2.75, 3.05) is 26.4 Å². The van der Waals surface area contributed by atoms with E-state index < -0.39 is 0 Å². The van der Waals surface area contributed by atoms with Gasteiger partial charge < -0.3 is 14.2 Å². The van der Waals surface area contributed by atoms with E-state index in [1.54, 1.807) is 0 Å². The Kier molecular flexibility index (Phi) is 34.5. The molecule has 0 atom stereocenters. The lowest BCUT2D eigenvalue weighted by Crippen LogP contribution is -1.99. The Hall–Kier alpha value is -4.80. The number of aryl methyl sites for hydroxylation is 9. The zero-order valence-electron chi connectivity index (χ0n) is 43.0. The molecule has 0 amide bonds. The highest BCUT2D eigenvalue weighted by atomic mass is 16.5. The Morgan fingerprint density at radius 2 is 0.754 bits per heavy atom. The first-order valence-electron chi connectivity index (χ1n) is 24.5. The van der Waals surface area contributed by atoms with Gasteiger partial charge in [0.2, 0.25) is 0 Å². The lowest BCUT2D eigenvalue weighted by molar-refractivity contribution is 0.121. The molecule has 0 radical (unpaired) electrons. The standard InChI is InChI=1S/C12H18O.2C11H16O.C10H14.2C9H12/c1-3-9-13-10-8-12-6-4-11(2)5-7-12;1-3-8-12-9-11-7-5-4-6-10(11)2;1-3-7-12-9-11-6-4-5-10(2)8-11;1-3-4-10-7-5-9(2)6-8-10;1-3-9-6-4-5-8(2)7-9;1-3-9-7-5-4-6-8(9)2/h4-7H,3,8-10H2,1-2H3;4-7H,3,8-9H2,1-2H3;4-6,8H,3,7,9H2,1-2H3;5-8H,3-4H2,1-2H3;2*4-7H,3H2,1-2H3. The number of hydrogen-bond acceptors (Lipinski definition) is 3. The minimum atomic E-state index is 0.746. The summed E-state index contributed by atoms with van der Waals surface area (Å²) in [6, 6.07) is 51.3. The van der Waals surface area contributed by atoms with E-state index in [1.165, 1.54) is 79.6 Å². The molecule has 0 spiro atoms. The molecule has 65 heavy (non-hydrogen) atoms. The molecule has 354 valence electrons. The first-order chi connectivity index (χ1) is 31.5. The third-order valence-electron chi connectivity index (χ3n) is 10.4. The van der Waals surface area contributed by atoms with Gasteiger partial charge in [0.25, 0.3) is 0 Å². The fraction of sp³-hybridized carbons (Fsp3) is 0.419. The molecule has 0 unspecified atom stereocenters. The van der Waals surface area contributed by atoms with E-state index in [9.17, 15) is 0 Å². The Morgan fingerprint density at radius 3 is 1.18 bits per heavy atom. The molecule has 0 aliphatic carbocycles. The molecule has 0 heterocycles. The molecule has 0 fully saturated rings. The van der Waals surface area contributed by atoms with E-state index in [-0.39, 0.29) is 0 Å². The van der Waals surface area contributed by atoms with Crippen LogP contribution >= 0.6 is 0 Å².